The number of benzene rings is 1. The molecule has 0 saturated carbocycles. The third-order valence-corrected chi connectivity index (χ3v) is 2.93. The zero-order valence-corrected chi connectivity index (χ0v) is 10.7. The molecule has 2 rings (SSSR count). The van der Waals surface area contributed by atoms with E-state index in [0.717, 1.165) is 23.0 Å². The monoisotopic (exact) mass is 246 g/mol. The van der Waals surface area contributed by atoms with Gasteiger partial charge in [0.25, 0.3) is 0 Å². The van der Waals surface area contributed by atoms with E-state index in [2.05, 4.69) is 4.98 Å². The highest BCUT2D eigenvalue weighted by Gasteiger charge is 2.10. The first kappa shape index (κ1) is 12.6. The molecule has 0 amide bonds. The standard InChI is InChI=1S/C14H18N2O2/c1-10(8-15)13-9-16-14(18-13)7-11-3-5-12(17-2)6-4-11/h3-6,9-10H,7-8,15H2,1-2H3. The maximum atomic E-state index is 5.67. The first-order valence-corrected chi connectivity index (χ1v) is 6.00. The molecule has 0 aliphatic carbocycles. The average molecular weight is 246 g/mol. The average Bonchev–Trinajstić information content (AvgIpc) is 2.87. The first-order valence-electron chi connectivity index (χ1n) is 6.00. The van der Waals surface area contributed by atoms with Crippen molar-refractivity contribution in [2.24, 2.45) is 5.73 Å². The molecule has 18 heavy (non-hydrogen) atoms. The van der Waals surface area contributed by atoms with Gasteiger partial charge in [-0.05, 0) is 17.7 Å². The highest BCUT2D eigenvalue weighted by Crippen LogP contribution is 2.18. The lowest BCUT2D eigenvalue weighted by Crippen LogP contribution is -2.07. The zero-order chi connectivity index (χ0) is 13.0. The molecule has 4 nitrogen and oxygen atoms in total. The van der Waals surface area contributed by atoms with Crippen molar-refractivity contribution in [1.82, 2.24) is 4.98 Å². The van der Waals surface area contributed by atoms with Gasteiger partial charge in [-0.15, -0.1) is 0 Å². The Kier molecular flexibility index (Phi) is 3.99. The van der Waals surface area contributed by atoms with Crippen LogP contribution in [-0.4, -0.2) is 18.6 Å². The second-order valence-corrected chi connectivity index (χ2v) is 4.32. The van der Waals surface area contributed by atoms with Crippen LogP contribution in [-0.2, 0) is 6.42 Å². The van der Waals surface area contributed by atoms with Gasteiger partial charge in [-0.3, -0.25) is 0 Å². The van der Waals surface area contributed by atoms with Crippen molar-refractivity contribution in [3.05, 3.63) is 47.7 Å². The molecule has 1 heterocycles. The van der Waals surface area contributed by atoms with Crippen LogP contribution >= 0.6 is 0 Å². The highest BCUT2D eigenvalue weighted by molar-refractivity contribution is 5.28. The summed E-state index contributed by atoms with van der Waals surface area (Å²) in [5.41, 5.74) is 6.74. The van der Waals surface area contributed by atoms with Gasteiger partial charge in [-0.2, -0.15) is 0 Å². The van der Waals surface area contributed by atoms with Crippen LogP contribution in [0.1, 0.15) is 30.1 Å². The van der Waals surface area contributed by atoms with Crippen LogP contribution in [0.4, 0.5) is 0 Å². The number of hydrogen-bond donors (Lipinski definition) is 1. The molecule has 0 aliphatic rings. The fourth-order valence-corrected chi connectivity index (χ4v) is 1.67. The minimum Gasteiger partial charge on any atom is -0.497 e. The summed E-state index contributed by atoms with van der Waals surface area (Å²) in [7, 11) is 1.66. The Morgan fingerprint density at radius 2 is 2.06 bits per heavy atom. The summed E-state index contributed by atoms with van der Waals surface area (Å²) in [5.74, 6) is 2.63. The minimum atomic E-state index is 0.210. The SMILES string of the molecule is COc1ccc(Cc2ncc(C(C)CN)o2)cc1. The van der Waals surface area contributed by atoms with Crippen molar-refractivity contribution < 1.29 is 9.15 Å². The van der Waals surface area contributed by atoms with E-state index in [-0.39, 0.29) is 5.92 Å². The minimum absolute atomic E-state index is 0.210. The molecule has 0 bridgehead atoms. The summed E-state index contributed by atoms with van der Waals surface area (Å²) in [4.78, 5) is 4.27. The second-order valence-electron chi connectivity index (χ2n) is 4.32. The van der Waals surface area contributed by atoms with E-state index in [1.54, 1.807) is 13.3 Å². The number of oxazole rings is 1. The third-order valence-electron chi connectivity index (χ3n) is 2.93. The van der Waals surface area contributed by atoms with Crippen LogP contribution in [0.25, 0.3) is 0 Å². The highest BCUT2D eigenvalue weighted by atomic mass is 16.5. The van der Waals surface area contributed by atoms with Crippen molar-refractivity contribution in [1.29, 1.82) is 0 Å². The molecule has 1 atom stereocenters. The smallest absolute Gasteiger partial charge is 0.198 e. The summed E-state index contributed by atoms with van der Waals surface area (Å²) in [5, 5.41) is 0. The van der Waals surface area contributed by atoms with Gasteiger partial charge in [0.05, 0.1) is 13.3 Å². The Morgan fingerprint density at radius 1 is 1.33 bits per heavy atom. The number of ether oxygens (including phenoxy) is 1. The van der Waals surface area contributed by atoms with Crippen molar-refractivity contribution in [2.75, 3.05) is 13.7 Å². The second kappa shape index (κ2) is 5.69. The molecule has 2 N–H and O–H groups in total. The number of aromatic nitrogens is 1. The zero-order valence-electron chi connectivity index (χ0n) is 10.7. The number of hydrogen-bond acceptors (Lipinski definition) is 4. The molecule has 1 unspecified atom stereocenters. The summed E-state index contributed by atoms with van der Waals surface area (Å²) in [6, 6.07) is 7.88. The quantitative estimate of drug-likeness (QED) is 0.879. The fraction of sp³-hybridized carbons (Fsp3) is 0.357. The lowest BCUT2D eigenvalue weighted by atomic mass is 10.1. The van der Waals surface area contributed by atoms with E-state index in [1.165, 1.54) is 0 Å². The van der Waals surface area contributed by atoms with Gasteiger partial charge in [-0.25, -0.2) is 4.98 Å². The van der Waals surface area contributed by atoms with E-state index in [4.69, 9.17) is 14.9 Å². The van der Waals surface area contributed by atoms with Crippen molar-refractivity contribution in [2.45, 2.75) is 19.3 Å². The molecule has 0 radical (unpaired) electrons. The molecule has 0 saturated heterocycles. The molecule has 0 fully saturated rings. The molecule has 4 heteroatoms. The van der Waals surface area contributed by atoms with E-state index < -0.39 is 0 Å². The lowest BCUT2D eigenvalue weighted by molar-refractivity contribution is 0.414. The van der Waals surface area contributed by atoms with Gasteiger partial charge >= 0.3 is 0 Å². The number of nitrogens with two attached hydrogens (primary N) is 1. The lowest BCUT2D eigenvalue weighted by Gasteiger charge is -2.03. The van der Waals surface area contributed by atoms with Crippen LogP contribution in [0, 0.1) is 0 Å². The van der Waals surface area contributed by atoms with Crippen molar-refractivity contribution in [3.63, 3.8) is 0 Å². The van der Waals surface area contributed by atoms with E-state index >= 15 is 0 Å². The third kappa shape index (κ3) is 2.90. The van der Waals surface area contributed by atoms with Crippen molar-refractivity contribution >= 4 is 0 Å². The van der Waals surface area contributed by atoms with Gasteiger partial charge in [-0.1, -0.05) is 19.1 Å². The Hall–Kier alpha value is -1.81. The maximum absolute atomic E-state index is 5.67. The number of rotatable bonds is 5. The van der Waals surface area contributed by atoms with Crippen LogP contribution in [0.3, 0.4) is 0 Å². The summed E-state index contributed by atoms with van der Waals surface area (Å²) < 4.78 is 10.8. The predicted octanol–water partition coefficient (Wildman–Crippen LogP) is 2.34. The number of nitrogens with zero attached hydrogens (tertiary/aromatic N) is 1. The van der Waals surface area contributed by atoms with E-state index in [0.29, 0.717) is 13.0 Å². The van der Waals surface area contributed by atoms with Crippen molar-refractivity contribution in [3.8, 4) is 5.75 Å². The Morgan fingerprint density at radius 3 is 2.67 bits per heavy atom. The largest absolute Gasteiger partial charge is 0.497 e. The molecular formula is C14H18N2O2. The van der Waals surface area contributed by atoms with Crippen LogP contribution in [0.2, 0.25) is 0 Å². The van der Waals surface area contributed by atoms with Gasteiger partial charge in [0.1, 0.15) is 11.5 Å². The van der Waals surface area contributed by atoms with E-state index in [1.807, 2.05) is 31.2 Å². The maximum Gasteiger partial charge on any atom is 0.198 e. The predicted molar refractivity (Wildman–Crippen MR) is 69.8 cm³/mol. The molecular weight excluding hydrogens is 228 g/mol. The Labute approximate surface area is 107 Å². The Balaban J connectivity index is 2.06. The number of methoxy groups -OCH3 is 1. The van der Waals surface area contributed by atoms with Crippen LogP contribution in [0.5, 0.6) is 5.75 Å². The van der Waals surface area contributed by atoms with Gasteiger partial charge in [0.2, 0.25) is 0 Å². The first-order chi connectivity index (χ1) is 8.72. The summed E-state index contributed by atoms with van der Waals surface area (Å²) in [6.07, 6.45) is 2.44. The van der Waals surface area contributed by atoms with Crippen LogP contribution in [0.15, 0.2) is 34.9 Å². The normalized spacial score (nSPS) is 12.4. The van der Waals surface area contributed by atoms with Crippen LogP contribution < -0.4 is 10.5 Å². The molecule has 0 spiro atoms. The van der Waals surface area contributed by atoms with Gasteiger partial charge < -0.3 is 14.9 Å². The molecule has 96 valence electrons. The Bertz CT molecular complexity index is 491. The summed E-state index contributed by atoms with van der Waals surface area (Å²) in [6.45, 7) is 2.59. The molecule has 2 aromatic rings. The van der Waals surface area contributed by atoms with Gasteiger partial charge in [0, 0.05) is 18.9 Å². The summed E-state index contributed by atoms with van der Waals surface area (Å²) >= 11 is 0. The van der Waals surface area contributed by atoms with Gasteiger partial charge in [0.15, 0.2) is 5.89 Å². The molecule has 1 aromatic heterocycles. The fourth-order valence-electron chi connectivity index (χ4n) is 1.67. The molecule has 0 aliphatic heterocycles. The molecule has 1 aromatic carbocycles. The van der Waals surface area contributed by atoms with E-state index in [9.17, 15) is 0 Å². The topological polar surface area (TPSA) is 61.3 Å².